The highest BCUT2D eigenvalue weighted by molar-refractivity contribution is 7.90. The van der Waals surface area contributed by atoms with Crippen LogP contribution in [0.15, 0.2) is 35.3 Å². The van der Waals surface area contributed by atoms with Crippen LogP contribution in [0, 0.1) is 5.41 Å². The molecular formula is C22H38N4O2S. The maximum atomic E-state index is 11.5. The molecule has 29 heavy (non-hydrogen) atoms. The lowest BCUT2D eigenvalue weighted by atomic mass is 9.90. The van der Waals surface area contributed by atoms with Crippen LogP contribution in [0.3, 0.4) is 0 Å². The SMILES string of the molecule is CCNC(=NCC(C)(C)CCS(C)(=O)=O)NCC1CCCN1Cc1ccccc1. The van der Waals surface area contributed by atoms with Crippen molar-refractivity contribution < 1.29 is 8.42 Å². The molecule has 6 nitrogen and oxygen atoms in total. The van der Waals surface area contributed by atoms with Crippen molar-refractivity contribution >= 4 is 15.8 Å². The van der Waals surface area contributed by atoms with Gasteiger partial charge in [0.2, 0.25) is 0 Å². The predicted molar refractivity (Wildman–Crippen MR) is 122 cm³/mol. The van der Waals surface area contributed by atoms with Crippen LogP contribution in [0.25, 0.3) is 0 Å². The Hall–Kier alpha value is -1.60. The normalized spacial score (nSPS) is 18.8. The van der Waals surface area contributed by atoms with E-state index in [2.05, 4.69) is 66.6 Å². The number of likely N-dealkylation sites (tertiary alicyclic amines) is 1. The molecule has 164 valence electrons. The van der Waals surface area contributed by atoms with Crippen molar-refractivity contribution in [3.8, 4) is 0 Å². The molecule has 1 saturated heterocycles. The fourth-order valence-electron chi connectivity index (χ4n) is 3.54. The van der Waals surface area contributed by atoms with Gasteiger partial charge in [-0.2, -0.15) is 0 Å². The van der Waals surface area contributed by atoms with Crippen LogP contribution in [-0.2, 0) is 16.4 Å². The van der Waals surface area contributed by atoms with E-state index in [1.165, 1.54) is 24.7 Å². The zero-order chi connectivity index (χ0) is 21.3. The van der Waals surface area contributed by atoms with Gasteiger partial charge in [-0.15, -0.1) is 0 Å². The molecule has 7 heteroatoms. The Bertz CT molecular complexity index is 747. The third kappa shape index (κ3) is 9.17. The first kappa shape index (κ1) is 23.7. The number of nitrogens with one attached hydrogen (secondary N) is 2. The highest BCUT2D eigenvalue weighted by Gasteiger charge is 2.25. The van der Waals surface area contributed by atoms with E-state index in [1.54, 1.807) is 0 Å². The lowest BCUT2D eigenvalue weighted by Crippen LogP contribution is -2.45. The lowest BCUT2D eigenvalue weighted by molar-refractivity contribution is 0.245. The maximum Gasteiger partial charge on any atom is 0.191 e. The number of hydrogen-bond donors (Lipinski definition) is 2. The molecule has 1 heterocycles. The second-order valence-electron chi connectivity index (χ2n) is 8.87. The molecule has 1 atom stereocenters. The third-order valence-electron chi connectivity index (χ3n) is 5.39. The van der Waals surface area contributed by atoms with Crippen molar-refractivity contribution in [3.63, 3.8) is 0 Å². The molecule has 0 saturated carbocycles. The van der Waals surface area contributed by atoms with Crippen molar-refractivity contribution in [2.45, 2.75) is 52.6 Å². The minimum absolute atomic E-state index is 0.155. The van der Waals surface area contributed by atoms with E-state index in [9.17, 15) is 8.42 Å². The van der Waals surface area contributed by atoms with E-state index in [4.69, 9.17) is 4.99 Å². The zero-order valence-corrected chi connectivity index (χ0v) is 19.3. The molecule has 1 unspecified atom stereocenters. The number of nitrogens with zero attached hydrogens (tertiary/aromatic N) is 2. The van der Waals surface area contributed by atoms with Gasteiger partial charge in [0.25, 0.3) is 0 Å². The van der Waals surface area contributed by atoms with Crippen molar-refractivity contribution in [2.24, 2.45) is 10.4 Å². The predicted octanol–water partition coefficient (Wildman–Crippen LogP) is 2.67. The molecule has 1 aromatic rings. The monoisotopic (exact) mass is 422 g/mol. The average molecular weight is 423 g/mol. The Morgan fingerprint density at radius 3 is 2.62 bits per heavy atom. The summed E-state index contributed by atoms with van der Waals surface area (Å²) < 4.78 is 22.9. The second-order valence-corrected chi connectivity index (χ2v) is 11.1. The van der Waals surface area contributed by atoms with Gasteiger partial charge in [-0.1, -0.05) is 44.2 Å². The highest BCUT2D eigenvalue weighted by atomic mass is 32.2. The Morgan fingerprint density at radius 1 is 1.24 bits per heavy atom. The van der Waals surface area contributed by atoms with E-state index >= 15 is 0 Å². The fraction of sp³-hybridized carbons (Fsp3) is 0.682. The van der Waals surface area contributed by atoms with Gasteiger partial charge >= 0.3 is 0 Å². The van der Waals surface area contributed by atoms with Crippen LogP contribution in [0.5, 0.6) is 0 Å². The second kappa shape index (κ2) is 11.0. The summed E-state index contributed by atoms with van der Waals surface area (Å²) in [5.74, 6) is 1.02. The van der Waals surface area contributed by atoms with E-state index in [0.717, 1.165) is 32.1 Å². The first-order chi connectivity index (χ1) is 13.7. The first-order valence-corrected chi connectivity index (χ1v) is 12.7. The van der Waals surface area contributed by atoms with Gasteiger partial charge in [0.15, 0.2) is 5.96 Å². The number of aliphatic imine (C=N–C) groups is 1. The Morgan fingerprint density at radius 2 is 1.97 bits per heavy atom. The molecule has 0 aliphatic carbocycles. The summed E-state index contributed by atoms with van der Waals surface area (Å²) in [5, 5.41) is 6.82. The summed E-state index contributed by atoms with van der Waals surface area (Å²) in [7, 11) is -2.94. The molecule has 0 radical (unpaired) electrons. The van der Waals surface area contributed by atoms with Crippen LogP contribution < -0.4 is 10.6 Å². The molecule has 0 bridgehead atoms. The molecule has 1 aromatic carbocycles. The largest absolute Gasteiger partial charge is 0.357 e. The van der Waals surface area contributed by atoms with Crippen LogP contribution in [0.4, 0.5) is 0 Å². The summed E-state index contributed by atoms with van der Waals surface area (Å²) in [6, 6.07) is 11.1. The Labute approximate surface area is 177 Å². The molecule has 2 rings (SSSR count). The van der Waals surface area contributed by atoms with E-state index in [0.29, 0.717) is 19.0 Å². The summed E-state index contributed by atoms with van der Waals surface area (Å²) in [6.07, 6.45) is 4.33. The van der Waals surface area contributed by atoms with Gasteiger partial charge in [0, 0.05) is 38.5 Å². The highest BCUT2D eigenvalue weighted by Crippen LogP contribution is 2.22. The van der Waals surface area contributed by atoms with Gasteiger partial charge in [0.1, 0.15) is 9.84 Å². The van der Waals surface area contributed by atoms with Crippen LogP contribution in [0.1, 0.15) is 45.6 Å². The van der Waals surface area contributed by atoms with E-state index < -0.39 is 9.84 Å². The molecular weight excluding hydrogens is 384 g/mol. The zero-order valence-electron chi connectivity index (χ0n) is 18.4. The quantitative estimate of drug-likeness (QED) is 0.448. The Kier molecular flexibility index (Phi) is 8.96. The van der Waals surface area contributed by atoms with Crippen molar-refractivity contribution in [1.29, 1.82) is 0 Å². The van der Waals surface area contributed by atoms with Gasteiger partial charge in [0.05, 0.1) is 5.75 Å². The molecule has 0 amide bonds. The summed E-state index contributed by atoms with van der Waals surface area (Å²) in [6.45, 7) is 10.6. The van der Waals surface area contributed by atoms with Gasteiger partial charge in [-0.25, -0.2) is 8.42 Å². The number of hydrogen-bond acceptors (Lipinski definition) is 4. The fourth-order valence-corrected chi connectivity index (χ4v) is 4.47. The molecule has 0 spiro atoms. The summed E-state index contributed by atoms with van der Waals surface area (Å²) in [4.78, 5) is 7.28. The topological polar surface area (TPSA) is 73.8 Å². The molecule has 2 N–H and O–H groups in total. The van der Waals surface area contributed by atoms with Crippen LogP contribution in [-0.4, -0.2) is 63.5 Å². The number of benzene rings is 1. The summed E-state index contributed by atoms with van der Waals surface area (Å²) >= 11 is 0. The lowest BCUT2D eigenvalue weighted by Gasteiger charge is -2.26. The number of guanidine groups is 1. The number of rotatable bonds is 10. The van der Waals surface area contributed by atoms with Gasteiger partial charge < -0.3 is 10.6 Å². The molecule has 1 fully saturated rings. The van der Waals surface area contributed by atoms with Gasteiger partial charge in [-0.05, 0) is 43.7 Å². The smallest absolute Gasteiger partial charge is 0.191 e. The number of sulfone groups is 1. The van der Waals surface area contributed by atoms with Crippen molar-refractivity contribution in [1.82, 2.24) is 15.5 Å². The average Bonchev–Trinajstić information content (AvgIpc) is 3.10. The van der Waals surface area contributed by atoms with E-state index in [-0.39, 0.29) is 11.2 Å². The molecule has 1 aliphatic rings. The standard InChI is InChI=1S/C22H38N4O2S/c1-5-23-21(25-18-22(2,3)13-15-29(4,27)28)24-16-20-12-9-14-26(20)17-19-10-7-6-8-11-19/h6-8,10-11,20H,5,9,12-18H2,1-4H3,(H2,23,24,25). The van der Waals surface area contributed by atoms with Gasteiger partial charge in [-0.3, -0.25) is 9.89 Å². The maximum absolute atomic E-state index is 11.5. The van der Waals surface area contributed by atoms with Crippen LogP contribution in [0.2, 0.25) is 0 Å². The third-order valence-corrected chi connectivity index (χ3v) is 6.34. The Balaban J connectivity index is 1.89. The minimum atomic E-state index is -2.94. The van der Waals surface area contributed by atoms with E-state index in [1.807, 2.05) is 0 Å². The van der Waals surface area contributed by atoms with Crippen molar-refractivity contribution in [3.05, 3.63) is 35.9 Å². The minimum Gasteiger partial charge on any atom is -0.357 e. The molecule has 0 aromatic heterocycles. The van der Waals surface area contributed by atoms with Crippen LogP contribution >= 0.6 is 0 Å². The first-order valence-electron chi connectivity index (χ1n) is 10.7. The van der Waals surface area contributed by atoms with Crippen molar-refractivity contribution in [2.75, 3.05) is 38.2 Å². The molecule has 1 aliphatic heterocycles. The summed E-state index contributed by atoms with van der Waals surface area (Å²) in [5.41, 5.74) is 1.20.